The summed E-state index contributed by atoms with van der Waals surface area (Å²) in [4.78, 5) is 24.7. The molecule has 8 heteroatoms. The summed E-state index contributed by atoms with van der Waals surface area (Å²) in [6.07, 6.45) is 0.283. The Morgan fingerprint density at radius 1 is 1.38 bits per heavy atom. The number of rotatable bonds is 2. The SMILES string of the molecule is COC(=O)N1CC[C@@H](c2cc(=O)[nH]o2)C[C@H]1c1ccc(F)cc1F. The monoisotopic (exact) mass is 338 g/mol. The van der Waals surface area contributed by atoms with Gasteiger partial charge in [0.15, 0.2) is 0 Å². The molecule has 2 aromatic rings. The van der Waals surface area contributed by atoms with Crippen molar-refractivity contribution >= 4 is 6.09 Å². The Kier molecular flexibility index (Phi) is 4.37. The van der Waals surface area contributed by atoms with Crippen LogP contribution in [-0.2, 0) is 4.74 Å². The van der Waals surface area contributed by atoms with Gasteiger partial charge in [-0.25, -0.2) is 13.6 Å². The Balaban J connectivity index is 1.95. The summed E-state index contributed by atoms with van der Waals surface area (Å²) in [6.45, 7) is 0.299. The first-order valence-corrected chi connectivity index (χ1v) is 7.47. The summed E-state index contributed by atoms with van der Waals surface area (Å²) in [5.74, 6) is -1.13. The van der Waals surface area contributed by atoms with Crippen molar-refractivity contribution in [2.24, 2.45) is 0 Å². The third-order valence-corrected chi connectivity index (χ3v) is 4.28. The fourth-order valence-electron chi connectivity index (χ4n) is 3.12. The number of methoxy groups -OCH3 is 1. The average Bonchev–Trinajstić information content (AvgIpc) is 3.00. The van der Waals surface area contributed by atoms with E-state index in [1.165, 1.54) is 24.1 Å². The van der Waals surface area contributed by atoms with E-state index < -0.39 is 23.8 Å². The van der Waals surface area contributed by atoms with Gasteiger partial charge in [0.1, 0.15) is 17.4 Å². The molecule has 1 aromatic heterocycles. The molecule has 0 bridgehead atoms. The highest BCUT2D eigenvalue weighted by Crippen LogP contribution is 2.40. The number of amides is 1. The smallest absolute Gasteiger partial charge is 0.409 e. The van der Waals surface area contributed by atoms with Crippen molar-refractivity contribution in [3.05, 3.63) is 57.6 Å². The molecule has 0 radical (unpaired) electrons. The van der Waals surface area contributed by atoms with Crippen LogP contribution in [0.1, 0.15) is 36.1 Å². The number of carbonyl (C=O) groups is 1. The molecule has 0 spiro atoms. The minimum Gasteiger partial charge on any atom is -0.453 e. The molecule has 1 aromatic carbocycles. The van der Waals surface area contributed by atoms with Crippen LogP contribution in [0.3, 0.4) is 0 Å². The van der Waals surface area contributed by atoms with E-state index in [2.05, 4.69) is 5.16 Å². The first kappa shape index (κ1) is 16.2. The molecule has 1 fully saturated rings. The van der Waals surface area contributed by atoms with Crippen molar-refractivity contribution < 1.29 is 22.8 Å². The summed E-state index contributed by atoms with van der Waals surface area (Å²) < 4.78 is 37.3. The van der Waals surface area contributed by atoms with Gasteiger partial charge in [-0.3, -0.25) is 4.79 Å². The lowest BCUT2D eigenvalue weighted by Gasteiger charge is -2.38. The van der Waals surface area contributed by atoms with E-state index in [0.29, 0.717) is 25.1 Å². The maximum Gasteiger partial charge on any atom is 0.409 e. The quantitative estimate of drug-likeness (QED) is 0.913. The first-order valence-electron chi connectivity index (χ1n) is 7.47. The molecular formula is C16H16F2N2O4. The Labute approximate surface area is 136 Å². The number of nitrogens with zero attached hydrogens (tertiary/aromatic N) is 1. The average molecular weight is 338 g/mol. The summed E-state index contributed by atoms with van der Waals surface area (Å²) in [6, 6.07) is 3.95. The van der Waals surface area contributed by atoms with Crippen LogP contribution in [0, 0.1) is 11.6 Å². The molecule has 1 aliphatic heterocycles. The second-order valence-electron chi connectivity index (χ2n) is 5.68. The van der Waals surface area contributed by atoms with Crippen molar-refractivity contribution in [3.63, 3.8) is 0 Å². The number of halogens is 2. The molecule has 2 atom stereocenters. The van der Waals surface area contributed by atoms with Gasteiger partial charge in [-0.1, -0.05) is 6.07 Å². The molecule has 1 saturated heterocycles. The van der Waals surface area contributed by atoms with Crippen LogP contribution in [0.15, 0.2) is 33.6 Å². The molecule has 0 unspecified atom stereocenters. The summed E-state index contributed by atoms with van der Waals surface area (Å²) in [5, 5.41) is 2.23. The minimum absolute atomic E-state index is 0.167. The fourth-order valence-corrected chi connectivity index (χ4v) is 3.12. The fraction of sp³-hybridized carbons (Fsp3) is 0.375. The van der Waals surface area contributed by atoms with Crippen molar-refractivity contribution in [1.29, 1.82) is 0 Å². The largest absolute Gasteiger partial charge is 0.453 e. The van der Waals surface area contributed by atoms with E-state index >= 15 is 0 Å². The highest BCUT2D eigenvalue weighted by atomic mass is 19.1. The van der Waals surface area contributed by atoms with Crippen LogP contribution >= 0.6 is 0 Å². The van der Waals surface area contributed by atoms with Gasteiger partial charge in [-0.2, -0.15) is 5.16 Å². The number of aromatic amines is 1. The molecule has 24 heavy (non-hydrogen) atoms. The van der Waals surface area contributed by atoms with E-state index in [0.717, 1.165) is 12.1 Å². The molecule has 0 saturated carbocycles. The maximum atomic E-state index is 14.2. The van der Waals surface area contributed by atoms with Crippen LogP contribution in [0.25, 0.3) is 0 Å². The zero-order valence-electron chi connectivity index (χ0n) is 12.9. The predicted octanol–water partition coefficient (Wildman–Crippen LogP) is 2.93. The number of carbonyl (C=O) groups excluding carboxylic acids is 1. The van der Waals surface area contributed by atoms with Gasteiger partial charge in [0.25, 0.3) is 5.56 Å². The van der Waals surface area contributed by atoms with Crippen LogP contribution in [0.4, 0.5) is 13.6 Å². The zero-order valence-corrected chi connectivity index (χ0v) is 12.9. The molecule has 1 amide bonds. The van der Waals surface area contributed by atoms with Crippen LogP contribution in [0.5, 0.6) is 0 Å². The van der Waals surface area contributed by atoms with Crippen molar-refractivity contribution in [2.75, 3.05) is 13.7 Å². The number of hydrogen-bond acceptors (Lipinski definition) is 4. The summed E-state index contributed by atoms with van der Waals surface area (Å²) in [7, 11) is 1.25. The minimum atomic E-state index is -0.731. The van der Waals surface area contributed by atoms with Gasteiger partial charge in [-0.05, 0) is 18.9 Å². The summed E-state index contributed by atoms with van der Waals surface area (Å²) >= 11 is 0. The van der Waals surface area contributed by atoms with Crippen molar-refractivity contribution in [3.8, 4) is 0 Å². The van der Waals surface area contributed by atoms with Gasteiger partial charge in [-0.15, -0.1) is 0 Å². The zero-order chi connectivity index (χ0) is 17.3. The number of ether oxygens (including phenoxy) is 1. The molecule has 0 aliphatic carbocycles. The van der Waals surface area contributed by atoms with Crippen molar-refractivity contribution in [1.82, 2.24) is 10.1 Å². The molecule has 128 valence electrons. The van der Waals surface area contributed by atoms with Gasteiger partial charge in [0.2, 0.25) is 0 Å². The van der Waals surface area contributed by atoms with E-state index in [4.69, 9.17) is 9.26 Å². The second-order valence-corrected chi connectivity index (χ2v) is 5.68. The number of aromatic nitrogens is 1. The van der Waals surface area contributed by atoms with Gasteiger partial charge < -0.3 is 14.2 Å². The molecule has 6 nitrogen and oxygen atoms in total. The molecule has 1 N–H and O–H groups in total. The highest BCUT2D eigenvalue weighted by Gasteiger charge is 2.36. The topological polar surface area (TPSA) is 75.5 Å². The van der Waals surface area contributed by atoms with Crippen LogP contribution < -0.4 is 5.56 Å². The maximum absolute atomic E-state index is 14.2. The van der Waals surface area contributed by atoms with Crippen molar-refractivity contribution in [2.45, 2.75) is 24.8 Å². The number of likely N-dealkylation sites (tertiary alicyclic amines) is 1. The lowest BCUT2D eigenvalue weighted by Crippen LogP contribution is -2.40. The van der Waals surface area contributed by atoms with Gasteiger partial charge in [0.05, 0.1) is 13.2 Å². The lowest BCUT2D eigenvalue weighted by atomic mass is 9.85. The summed E-state index contributed by atoms with van der Waals surface area (Å²) in [5.41, 5.74) is -0.158. The molecule has 1 aliphatic rings. The van der Waals surface area contributed by atoms with E-state index in [1.54, 1.807) is 0 Å². The van der Waals surface area contributed by atoms with E-state index in [-0.39, 0.29) is 17.0 Å². The Bertz CT molecular complexity index is 801. The Morgan fingerprint density at radius 3 is 2.79 bits per heavy atom. The van der Waals surface area contributed by atoms with E-state index in [9.17, 15) is 18.4 Å². The third-order valence-electron chi connectivity index (χ3n) is 4.28. The molecule has 3 rings (SSSR count). The Morgan fingerprint density at radius 2 is 2.17 bits per heavy atom. The number of piperidine rings is 1. The number of benzene rings is 1. The Hall–Kier alpha value is -2.64. The first-order chi connectivity index (χ1) is 11.5. The number of hydrogen-bond donors (Lipinski definition) is 1. The second kappa shape index (κ2) is 6.46. The van der Waals surface area contributed by atoms with Crippen LogP contribution in [0.2, 0.25) is 0 Å². The normalized spacial score (nSPS) is 20.9. The number of H-pyrrole nitrogens is 1. The van der Waals surface area contributed by atoms with Gasteiger partial charge in [0, 0.05) is 30.2 Å². The third kappa shape index (κ3) is 3.04. The number of nitrogens with one attached hydrogen (secondary N) is 1. The molecular weight excluding hydrogens is 322 g/mol. The van der Waals surface area contributed by atoms with Crippen LogP contribution in [-0.4, -0.2) is 29.8 Å². The van der Waals surface area contributed by atoms with Gasteiger partial charge >= 0.3 is 6.09 Å². The molecule has 2 heterocycles. The lowest BCUT2D eigenvalue weighted by molar-refractivity contribution is 0.0804. The van der Waals surface area contributed by atoms with E-state index in [1.807, 2.05) is 0 Å². The highest BCUT2D eigenvalue weighted by molar-refractivity contribution is 5.68. The predicted molar refractivity (Wildman–Crippen MR) is 79.5 cm³/mol. The standard InChI is InChI=1S/C16H16F2N2O4/c1-23-16(22)20-5-4-9(14-8-15(21)19-24-14)6-13(20)11-3-2-10(17)7-12(11)18/h2-3,7-9,13H,4-6H2,1H3,(H,19,21)/t9-,13+/m1/s1.